The normalized spacial score (nSPS) is 8.55. The molecule has 0 aromatic heterocycles. The summed E-state index contributed by atoms with van der Waals surface area (Å²) in [6.45, 7) is 1.54. The molecule has 0 spiro atoms. The number of ketones is 1. The van der Waals surface area contributed by atoms with Crippen LogP contribution >= 0.6 is 12.6 Å². The van der Waals surface area contributed by atoms with Crippen molar-refractivity contribution < 1.29 is 24.3 Å². The summed E-state index contributed by atoms with van der Waals surface area (Å²) in [4.78, 5) is 11.6. The number of Topliss-reactive ketones (excluding diaryl/α,β-unsaturated/α-hetero) is 1. The Balaban J connectivity index is 0.000001000. The first-order valence-electron chi connectivity index (χ1n) is 3.01. The van der Waals surface area contributed by atoms with E-state index in [1.807, 2.05) is 12.1 Å². The number of carbonyl (C=O) groups excluding carboxylic acids is 1. The Morgan fingerprint density at radius 3 is 2.27 bits per heavy atom. The van der Waals surface area contributed by atoms with Crippen molar-refractivity contribution in [1.29, 1.82) is 0 Å². The van der Waals surface area contributed by atoms with Crippen LogP contribution in [0, 0.1) is 0 Å². The van der Waals surface area contributed by atoms with Crippen molar-refractivity contribution in [3.05, 3.63) is 29.8 Å². The van der Waals surface area contributed by atoms with Gasteiger partial charge < -0.3 is 0 Å². The van der Waals surface area contributed by atoms with Gasteiger partial charge >= 0.3 is 0 Å². The third-order valence-corrected chi connectivity index (χ3v) is 1.67. The van der Waals surface area contributed by atoms with Crippen LogP contribution in [0.5, 0.6) is 0 Å². The molecule has 0 saturated heterocycles. The molecule has 0 atom stereocenters. The van der Waals surface area contributed by atoms with Gasteiger partial charge in [-0.25, -0.2) is 0 Å². The third-order valence-electron chi connectivity index (χ3n) is 1.28. The van der Waals surface area contributed by atoms with Crippen LogP contribution in [-0.2, 0) is 19.5 Å². The van der Waals surface area contributed by atoms with Crippen LogP contribution in [0.25, 0.3) is 0 Å². The maximum Gasteiger partial charge on any atom is 0.160 e. The van der Waals surface area contributed by atoms with Crippen molar-refractivity contribution in [2.45, 2.75) is 11.8 Å². The summed E-state index contributed by atoms with van der Waals surface area (Å²) in [7, 11) is 0. The minimum Gasteiger partial charge on any atom is -0.294 e. The monoisotopic (exact) mass is 216 g/mol. The van der Waals surface area contributed by atoms with Crippen LogP contribution in [0.1, 0.15) is 17.3 Å². The van der Waals surface area contributed by atoms with E-state index in [2.05, 4.69) is 12.6 Å². The summed E-state index contributed by atoms with van der Waals surface area (Å²) in [5.41, 5.74) is 0.686. The van der Waals surface area contributed by atoms with E-state index in [9.17, 15) is 4.79 Å². The number of thiol groups is 1. The van der Waals surface area contributed by atoms with Crippen LogP contribution in [0.3, 0.4) is 0 Å². The molecule has 0 unspecified atom stereocenters. The van der Waals surface area contributed by atoms with Gasteiger partial charge in [0.1, 0.15) is 0 Å². The molecule has 0 saturated carbocycles. The Kier molecular flexibility index (Phi) is 4.62. The molecule has 0 heterocycles. The molecule has 0 amide bonds. The second-order valence-electron chi connectivity index (χ2n) is 2.07. The van der Waals surface area contributed by atoms with Crippen LogP contribution in [0.2, 0.25) is 0 Å². The van der Waals surface area contributed by atoms with Crippen molar-refractivity contribution in [1.82, 2.24) is 0 Å². The minimum absolute atomic E-state index is 0. The van der Waals surface area contributed by atoms with Crippen molar-refractivity contribution in [3.63, 3.8) is 0 Å². The maximum atomic E-state index is 10.8. The van der Waals surface area contributed by atoms with E-state index in [-0.39, 0.29) is 25.3 Å². The first-order valence-corrected chi connectivity index (χ1v) is 3.45. The van der Waals surface area contributed by atoms with Gasteiger partial charge in [0.2, 0.25) is 0 Å². The molecule has 0 aliphatic carbocycles. The van der Waals surface area contributed by atoms with Crippen molar-refractivity contribution in [2.24, 2.45) is 0 Å². The largest absolute Gasteiger partial charge is 0.294 e. The van der Waals surface area contributed by atoms with Gasteiger partial charge in [0.25, 0.3) is 0 Å². The molecule has 0 radical (unpaired) electrons. The minimum atomic E-state index is 0. The van der Waals surface area contributed by atoms with Crippen LogP contribution in [0.4, 0.5) is 0 Å². The Hall–Kier alpha value is -0.137. The molecule has 0 bridgehead atoms. The van der Waals surface area contributed by atoms with Gasteiger partial charge in [-0.15, -0.1) is 12.6 Å². The average molecular weight is 218 g/mol. The molecule has 0 fully saturated rings. The van der Waals surface area contributed by atoms with Gasteiger partial charge in [-0.1, -0.05) is 18.2 Å². The Morgan fingerprint density at radius 2 is 1.91 bits per heavy atom. The Morgan fingerprint density at radius 1 is 1.36 bits per heavy atom. The second kappa shape index (κ2) is 4.68. The second-order valence-corrected chi connectivity index (χ2v) is 2.56. The predicted octanol–water partition coefficient (Wildman–Crippen LogP) is 2.18. The van der Waals surface area contributed by atoms with Gasteiger partial charge in [0.05, 0.1) is 0 Å². The zero-order chi connectivity index (χ0) is 7.56. The van der Waals surface area contributed by atoms with Gasteiger partial charge in [-0.2, -0.15) is 0 Å². The van der Waals surface area contributed by atoms with Crippen LogP contribution in [-0.4, -0.2) is 5.78 Å². The first-order chi connectivity index (χ1) is 4.72. The number of benzene rings is 1. The number of rotatable bonds is 1. The molecule has 0 aliphatic rings. The molecular formula is C8H8OSZn. The molecule has 11 heavy (non-hydrogen) atoms. The zero-order valence-electron chi connectivity index (χ0n) is 6.37. The summed E-state index contributed by atoms with van der Waals surface area (Å²) in [5, 5.41) is 0. The summed E-state index contributed by atoms with van der Waals surface area (Å²) < 4.78 is 0. The van der Waals surface area contributed by atoms with E-state index < -0.39 is 0 Å². The summed E-state index contributed by atoms with van der Waals surface area (Å²) >= 11 is 4.12. The zero-order valence-corrected chi connectivity index (χ0v) is 10.2. The fraction of sp³-hybridized carbons (Fsp3) is 0.125. The smallest absolute Gasteiger partial charge is 0.160 e. The fourth-order valence-corrected chi connectivity index (χ4v) is 1.09. The van der Waals surface area contributed by atoms with Crippen molar-refractivity contribution >= 4 is 18.4 Å². The number of hydrogen-bond donors (Lipinski definition) is 1. The van der Waals surface area contributed by atoms with E-state index in [1.165, 1.54) is 6.92 Å². The average Bonchev–Trinajstić information content (AvgIpc) is 1.88. The van der Waals surface area contributed by atoms with E-state index in [0.29, 0.717) is 5.56 Å². The van der Waals surface area contributed by atoms with Gasteiger partial charge in [-0.3, -0.25) is 4.79 Å². The maximum absolute atomic E-state index is 10.8. The molecule has 0 N–H and O–H groups in total. The molecule has 3 heteroatoms. The summed E-state index contributed by atoms with van der Waals surface area (Å²) in [6.07, 6.45) is 0. The molecular weight excluding hydrogens is 210 g/mol. The van der Waals surface area contributed by atoms with Crippen LogP contribution in [0.15, 0.2) is 29.2 Å². The molecule has 1 aromatic carbocycles. The number of hydrogen-bond acceptors (Lipinski definition) is 2. The molecule has 1 aromatic rings. The van der Waals surface area contributed by atoms with Crippen molar-refractivity contribution in [3.8, 4) is 0 Å². The Labute approximate surface area is 84.4 Å². The molecule has 0 aliphatic heterocycles. The summed E-state index contributed by atoms with van der Waals surface area (Å²) in [5.74, 6) is 0.0607. The molecule has 1 nitrogen and oxygen atoms in total. The first kappa shape index (κ1) is 10.9. The topological polar surface area (TPSA) is 17.1 Å². The standard InChI is InChI=1S/C8H8OS.Zn/c1-6(9)7-4-2-3-5-8(7)10;/h2-5,10H,1H3;. The quantitative estimate of drug-likeness (QED) is 0.434. The van der Waals surface area contributed by atoms with Gasteiger partial charge in [0, 0.05) is 29.9 Å². The third kappa shape index (κ3) is 2.76. The van der Waals surface area contributed by atoms with Crippen LogP contribution < -0.4 is 0 Å². The molecule has 54 valence electrons. The summed E-state index contributed by atoms with van der Waals surface area (Å²) in [6, 6.07) is 7.26. The Bertz CT molecular complexity index is 260. The SMILES string of the molecule is CC(=O)c1ccccc1S.[Zn]. The number of carbonyl (C=O) groups is 1. The fourth-order valence-electron chi connectivity index (χ4n) is 0.771. The van der Waals surface area contributed by atoms with E-state index in [1.54, 1.807) is 12.1 Å². The van der Waals surface area contributed by atoms with Gasteiger partial charge in [-0.05, 0) is 13.0 Å². The van der Waals surface area contributed by atoms with Crippen molar-refractivity contribution in [2.75, 3.05) is 0 Å². The predicted molar refractivity (Wildman–Crippen MR) is 43.7 cm³/mol. The van der Waals surface area contributed by atoms with E-state index in [0.717, 1.165) is 4.90 Å². The van der Waals surface area contributed by atoms with E-state index in [4.69, 9.17) is 0 Å². The van der Waals surface area contributed by atoms with E-state index >= 15 is 0 Å². The molecule has 1 rings (SSSR count). The van der Waals surface area contributed by atoms with Gasteiger partial charge in [0.15, 0.2) is 5.78 Å².